The minimum Gasteiger partial charge on any atom is -0.360 e. The maximum absolute atomic E-state index is 10.9. The SMILES string of the molecule is CCc1onc(-c2ccccc2)c1C=O. The minimum atomic E-state index is 0.559. The van der Waals surface area contributed by atoms with Gasteiger partial charge in [-0.1, -0.05) is 42.4 Å². The first kappa shape index (κ1) is 9.65. The van der Waals surface area contributed by atoms with Crippen LogP contribution in [0.3, 0.4) is 0 Å². The van der Waals surface area contributed by atoms with Gasteiger partial charge in [-0.05, 0) is 0 Å². The van der Waals surface area contributed by atoms with Gasteiger partial charge >= 0.3 is 0 Å². The Bertz CT molecular complexity index is 460. The first-order valence-corrected chi connectivity index (χ1v) is 4.86. The minimum absolute atomic E-state index is 0.559. The van der Waals surface area contributed by atoms with E-state index in [0.717, 1.165) is 11.8 Å². The lowest BCUT2D eigenvalue weighted by atomic mass is 10.1. The molecule has 0 saturated heterocycles. The summed E-state index contributed by atoms with van der Waals surface area (Å²) in [6, 6.07) is 9.55. The van der Waals surface area contributed by atoms with Crippen LogP contribution in [0.15, 0.2) is 34.9 Å². The van der Waals surface area contributed by atoms with Crippen LogP contribution in [0.4, 0.5) is 0 Å². The Morgan fingerprint density at radius 1 is 1.33 bits per heavy atom. The fourth-order valence-corrected chi connectivity index (χ4v) is 1.51. The van der Waals surface area contributed by atoms with Crippen molar-refractivity contribution in [2.45, 2.75) is 13.3 Å². The van der Waals surface area contributed by atoms with E-state index in [2.05, 4.69) is 5.16 Å². The third kappa shape index (κ3) is 1.68. The number of aryl methyl sites for hydroxylation is 1. The molecule has 1 aromatic carbocycles. The monoisotopic (exact) mass is 201 g/mol. The second-order valence-electron chi connectivity index (χ2n) is 3.21. The standard InChI is InChI=1S/C12H11NO2/c1-2-11-10(8-14)12(13-15-11)9-6-4-3-5-7-9/h3-8H,2H2,1H3. The number of aromatic nitrogens is 1. The number of rotatable bonds is 3. The van der Waals surface area contributed by atoms with Gasteiger partial charge in [-0.2, -0.15) is 0 Å². The Kier molecular flexibility index (Phi) is 2.63. The summed E-state index contributed by atoms with van der Waals surface area (Å²) in [5.41, 5.74) is 2.09. The van der Waals surface area contributed by atoms with E-state index in [4.69, 9.17) is 4.52 Å². The third-order valence-corrected chi connectivity index (χ3v) is 2.29. The first-order valence-electron chi connectivity index (χ1n) is 4.86. The third-order valence-electron chi connectivity index (χ3n) is 2.29. The molecule has 1 aromatic heterocycles. The van der Waals surface area contributed by atoms with Crippen molar-refractivity contribution in [2.24, 2.45) is 0 Å². The fourth-order valence-electron chi connectivity index (χ4n) is 1.51. The smallest absolute Gasteiger partial charge is 0.155 e. The molecule has 0 fully saturated rings. The van der Waals surface area contributed by atoms with Crippen molar-refractivity contribution in [3.8, 4) is 11.3 Å². The van der Waals surface area contributed by atoms with Crippen molar-refractivity contribution < 1.29 is 9.32 Å². The van der Waals surface area contributed by atoms with Gasteiger partial charge in [0, 0.05) is 12.0 Å². The van der Waals surface area contributed by atoms with Crippen molar-refractivity contribution in [1.82, 2.24) is 5.16 Å². The molecular weight excluding hydrogens is 190 g/mol. The summed E-state index contributed by atoms with van der Waals surface area (Å²) in [7, 11) is 0. The Morgan fingerprint density at radius 3 is 2.67 bits per heavy atom. The molecule has 0 bridgehead atoms. The Hall–Kier alpha value is -1.90. The molecule has 1 heterocycles. The number of nitrogens with zero attached hydrogens (tertiary/aromatic N) is 1. The molecule has 3 heteroatoms. The van der Waals surface area contributed by atoms with Gasteiger partial charge in [0.05, 0.1) is 5.56 Å². The molecule has 0 N–H and O–H groups in total. The topological polar surface area (TPSA) is 43.1 Å². The average molecular weight is 201 g/mol. The Morgan fingerprint density at radius 2 is 2.07 bits per heavy atom. The first-order chi connectivity index (χ1) is 7.36. The predicted octanol–water partition coefficient (Wildman–Crippen LogP) is 2.72. The van der Waals surface area contributed by atoms with Gasteiger partial charge in [0.15, 0.2) is 6.29 Å². The molecule has 0 aliphatic carbocycles. The Labute approximate surface area is 87.7 Å². The molecule has 0 spiro atoms. The van der Waals surface area contributed by atoms with Crippen molar-refractivity contribution >= 4 is 6.29 Å². The van der Waals surface area contributed by atoms with Gasteiger partial charge in [-0.25, -0.2) is 0 Å². The van der Waals surface area contributed by atoms with Crippen LogP contribution in [-0.2, 0) is 6.42 Å². The predicted molar refractivity (Wildman–Crippen MR) is 56.7 cm³/mol. The van der Waals surface area contributed by atoms with Crippen molar-refractivity contribution in [3.63, 3.8) is 0 Å². The molecule has 0 radical (unpaired) electrons. The molecule has 0 unspecified atom stereocenters. The van der Waals surface area contributed by atoms with Crippen LogP contribution in [0.2, 0.25) is 0 Å². The normalized spacial score (nSPS) is 10.2. The highest BCUT2D eigenvalue weighted by Gasteiger charge is 2.14. The van der Waals surface area contributed by atoms with Crippen LogP contribution in [0.25, 0.3) is 11.3 Å². The van der Waals surface area contributed by atoms with Gasteiger partial charge in [0.2, 0.25) is 0 Å². The second kappa shape index (κ2) is 4.09. The lowest BCUT2D eigenvalue weighted by Gasteiger charge is -1.95. The zero-order valence-electron chi connectivity index (χ0n) is 8.43. The van der Waals surface area contributed by atoms with Crippen LogP contribution in [0, 0.1) is 0 Å². The van der Waals surface area contributed by atoms with Crippen molar-refractivity contribution in [2.75, 3.05) is 0 Å². The molecule has 2 aromatic rings. The summed E-state index contributed by atoms with van der Waals surface area (Å²) in [5, 5.41) is 3.92. The van der Waals surface area contributed by atoms with Crippen LogP contribution in [-0.4, -0.2) is 11.4 Å². The van der Waals surface area contributed by atoms with E-state index in [-0.39, 0.29) is 0 Å². The molecule has 0 atom stereocenters. The zero-order valence-corrected chi connectivity index (χ0v) is 8.43. The van der Waals surface area contributed by atoms with Crippen molar-refractivity contribution in [1.29, 1.82) is 0 Å². The molecule has 3 nitrogen and oxygen atoms in total. The number of aldehydes is 1. The van der Waals surface area contributed by atoms with E-state index < -0.39 is 0 Å². The maximum Gasteiger partial charge on any atom is 0.155 e. The van der Waals surface area contributed by atoms with Gasteiger partial charge in [-0.3, -0.25) is 4.79 Å². The molecule has 76 valence electrons. The molecule has 15 heavy (non-hydrogen) atoms. The van der Waals surface area contributed by atoms with E-state index in [1.165, 1.54) is 0 Å². The fraction of sp³-hybridized carbons (Fsp3) is 0.167. The van der Waals surface area contributed by atoms with Gasteiger partial charge in [-0.15, -0.1) is 0 Å². The van der Waals surface area contributed by atoms with Crippen LogP contribution < -0.4 is 0 Å². The van der Waals surface area contributed by atoms with Gasteiger partial charge in [0.1, 0.15) is 11.5 Å². The number of hydrogen-bond acceptors (Lipinski definition) is 3. The second-order valence-corrected chi connectivity index (χ2v) is 3.21. The van der Waals surface area contributed by atoms with Gasteiger partial charge < -0.3 is 4.52 Å². The quantitative estimate of drug-likeness (QED) is 0.717. The van der Waals surface area contributed by atoms with E-state index >= 15 is 0 Å². The molecule has 0 saturated carbocycles. The molecule has 0 amide bonds. The summed E-state index contributed by atoms with van der Waals surface area (Å²) < 4.78 is 5.11. The summed E-state index contributed by atoms with van der Waals surface area (Å²) in [4.78, 5) is 10.9. The van der Waals surface area contributed by atoms with Gasteiger partial charge in [0.25, 0.3) is 0 Å². The lowest BCUT2D eigenvalue weighted by molar-refractivity contribution is 0.112. The molecule has 0 aliphatic rings. The average Bonchev–Trinajstić information content (AvgIpc) is 2.72. The highest BCUT2D eigenvalue weighted by Crippen LogP contribution is 2.23. The summed E-state index contributed by atoms with van der Waals surface area (Å²) >= 11 is 0. The van der Waals surface area contributed by atoms with E-state index in [9.17, 15) is 4.79 Å². The summed E-state index contributed by atoms with van der Waals surface area (Å²) in [5.74, 6) is 0.642. The highest BCUT2D eigenvalue weighted by atomic mass is 16.5. The van der Waals surface area contributed by atoms with Crippen LogP contribution in [0.1, 0.15) is 23.0 Å². The molecule has 2 rings (SSSR count). The van der Waals surface area contributed by atoms with Crippen LogP contribution >= 0.6 is 0 Å². The number of carbonyl (C=O) groups is 1. The summed E-state index contributed by atoms with van der Waals surface area (Å²) in [6.45, 7) is 1.93. The highest BCUT2D eigenvalue weighted by molar-refractivity contribution is 5.86. The zero-order chi connectivity index (χ0) is 10.7. The summed E-state index contributed by atoms with van der Waals surface area (Å²) in [6.07, 6.45) is 1.48. The van der Waals surface area contributed by atoms with Crippen molar-refractivity contribution in [3.05, 3.63) is 41.7 Å². The number of carbonyl (C=O) groups excluding carboxylic acids is 1. The van der Waals surface area contributed by atoms with E-state index in [0.29, 0.717) is 23.4 Å². The largest absolute Gasteiger partial charge is 0.360 e. The molecular formula is C12H11NO2. The van der Waals surface area contributed by atoms with E-state index in [1.807, 2.05) is 37.3 Å². The van der Waals surface area contributed by atoms with E-state index in [1.54, 1.807) is 0 Å². The lowest BCUT2D eigenvalue weighted by Crippen LogP contribution is -1.87. The maximum atomic E-state index is 10.9. The Balaban J connectivity index is 2.54. The number of benzene rings is 1. The number of hydrogen-bond donors (Lipinski definition) is 0. The van der Waals surface area contributed by atoms with Crippen LogP contribution in [0.5, 0.6) is 0 Å². The molecule has 0 aliphatic heterocycles.